The largest absolute Gasteiger partial charge is 0.493 e. The van der Waals surface area contributed by atoms with Gasteiger partial charge in [0.1, 0.15) is 5.82 Å². The van der Waals surface area contributed by atoms with E-state index in [0.29, 0.717) is 17.9 Å². The summed E-state index contributed by atoms with van der Waals surface area (Å²) in [4.78, 5) is 14.5. The van der Waals surface area contributed by atoms with Crippen LogP contribution in [0.15, 0.2) is 42.5 Å². The van der Waals surface area contributed by atoms with Gasteiger partial charge in [-0.15, -0.1) is 0 Å². The first kappa shape index (κ1) is 20.1. The number of hydrogen-bond donors (Lipinski definition) is 0. The third-order valence-electron chi connectivity index (χ3n) is 4.82. The number of carbonyl (C=O) groups excluding carboxylic acids is 1. The lowest BCUT2D eigenvalue weighted by atomic mass is 10.1. The van der Waals surface area contributed by atoms with E-state index in [0.717, 1.165) is 5.56 Å². The lowest BCUT2D eigenvalue weighted by molar-refractivity contribution is 0.0676. The van der Waals surface area contributed by atoms with Crippen molar-refractivity contribution in [1.82, 2.24) is 4.90 Å². The fourth-order valence-electron chi connectivity index (χ4n) is 3.35. The summed E-state index contributed by atoms with van der Waals surface area (Å²) < 4.78 is 48.6. The highest BCUT2D eigenvalue weighted by Gasteiger charge is 2.35. The van der Waals surface area contributed by atoms with Crippen LogP contribution in [0.5, 0.6) is 11.5 Å². The summed E-state index contributed by atoms with van der Waals surface area (Å²) in [5.41, 5.74) is 0.652. The minimum absolute atomic E-state index is 0.0185. The maximum atomic E-state index is 14.2. The lowest BCUT2D eigenvalue weighted by Crippen LogP contribution is -2.41. The van der Waals surface area contributed by atoms with Crippen LogP contribution < -0.4 is 9.47 Å². The maximum Gasteiger partial charge on any atom is 0.257 e. The fourth-order valence-corrected chi connectivity index (χ4v) is 5.08. The number of benzene rings is 2. The number of hydrogen-bond acceptors (Lipinski definition) is 5. The Morgan fingerprint density at radius 2 is 1.86 bits per heavy atom. The molecular weight excluding hydrogens is 385 g/mol. The van der Waals surface area contributed by atoms with Gasteiger partial charge in [-0.2, -0.15) is 0 Å². The summed E-state index contributed by atoms with van der Waals surface area (Å²) in [7, 11) is -0.184. The Hall–Kier alpha value is -2.61. The van der Waals surface area contributed by atoms with Gasteiger partial charge in [0.05, 0.1) is 31.3 Å². The van der Waals surface area contributed by atoms with Crippen molar-refractivity contribution in [2.45, 2.75) is 19.0 Å². The van der Waals surface area contributed by atoms with Gasteiger partial charge in [0.25, 0.3) is 5.91 Å². The minimum atomic E-state index is -3.21. The van der Waals surface area contributed by atoms with E-state index in [1.54, 1.807) is 24.3 Å². The molecule has 150 valence electrons. The van der Waals surface area contributed by atoms with E-state index in [2.05, 4.69) is 0 Å². The summed E-state index contributed by atoms with van der Waals surface area (Å²) in [6.07, 6.45) is 0.329. The highest BCUT2D eigenvalue weighted by molar-refractivity contribution is 7.91. The summed E-state index contributed by atoms with van der Waals surface area (Å²) in [5.74, 6) is -0.231. The molecular formula is C20H22FNO5S. The quantitative estimate of drug-likeness (QED) is 0.736. The molecule has 0 unspecified atom stereocenters. The van der Waals surface area contributed by atoms with Crippen LogP contribution >= 0.6 is 0 Å². The number of nitrogens with zero attached hydrogens (tertiary/aromatic N) is 1. The predicted octanol–water partition coefficient (Wildman–Crippen LogP) is 2.67. The molecule has 0 radical (unpaired) electrons. The van der Waals surface area contributed by atoms with Crippen molar-refractivity contribution in [3.63, 3.8) is 0 Å². The molecule has 1 heterocycles. The highest BCUT2D eigenvalue weighted by atomic mass is 32.2. The molecule has 1 aliphatic rings. The van der Waals surface area contributed by atoms with E-state index < -0.39 is 27.6 Å². The SMILES string of the molecule is COc1ccc(CN(C(=O)c2ccccc2F)[C@H]2CCS(=O)(=O)C2)cc1OC. The van der Waals surface area contributed by atoms with Gasteiger partial charge in [0, 0.05) is 12.6 Å². The molecule has 0 aromatic heterocycles. The van der Waals surface area contributed by atoms with Crippen molar-refractivity contribution < 1.29 is 27.1 Å². The molecule has 0 aliphatic carbocycles. The monoisotopic (exact) mass is 407 g/mol. The molecule has 1 fully saturated rings. The molecule has 0 bridgehead atoms. The number of amides is 1. The second-order valence-corrected chi connectivity index (χ2v) is 8.89. The molecule has 28 heavy (non-hydrogen) atoms. The van der Waals surface area contributed by atoms with Gasteiger partial charge in [-0.05, 0) is 36.2 Å². The third-order valence-corrected chi connectivity index (χ3v) is 6.57. The van der Waals surface area contributed by atoms with Crippen LogP contribution in [0.3, 0.4) is 0 Å². The van der Waals surface area contributed by atoms with E-state index >= 15 is 0 Å². The van der Waals surface area contributed by atoms with Crippen LogP contribution in [0.2, 0.25) is 0 Å². The Morgan fingerprint density at radius 1 is 1.14 bits per heavy atom. The molecule has 0 saturated carbocycles. The highest BCUT2D eigenvalue weighted by Crippen LogP contribution is 2.30. The number of sulfone groups is 1. The van der Waals surface area contributed by atoms with Gasteiger partial charge in [0.15, 0.2) is 21.3 Å². The lowest BCUT2D eigenvalue weighted by Gasteiger charge is -2.29. The van der Waals surface area contributed by atoms with Gasteiger partial charge in [-0.3, -0.25) is 4.79 Å². The normalized spacial score (nSPS) is 17.9. The van der Waals surface area contributed by atoms with E-state index in [9.17, 15) is 17.6 Å². The van der Waals surface area contributed by atoms with E-state index in [1.165, 1.54) is 37.3 Å². The molecule has 0 spiro atoms. The summed E-state index contributed by atoms with van der Waals surface area (Å²) in [5, 5.41) is 0. The molecule has 1 atom stereocenters. The van der Waals surface area contributed by atoms with Crippen molar-refractivity contribution in [2.75, 3.05) is 25.7 Å². The number of carbonyl (C=O) groups is 1. The number of rotatable bonds is 6. The molecule has 1 saturated heterocycles. The molecule has 3 rings (SSSR count). The summed E-state index contributed by atoms with van der Waals surface area (Å²) >= 11 is 0. The first-order chi connectivity index (χ1) is 13.3. The first-order valence-corrected chi connectivity index (χ1v) is 10.6. The van der Waals surface area contributed by atoms with Crippen molar-refractivity contribution in [3.05, 3.63) is 59.4 Å². The molecule has 2 aromatic rings. The fraction of sp³-hybridized carbons (Fsp3) is 0.350. The van der Waals surface area contributed by atoms with Gasteiger partial charge < -0.3 is 14.4 Å². The van der Waals surface area contributed by atoms with Crippen LogP contribution in [-0.4, -0.2) is 51.0 Å². The van der Waals surface area contributed by atoms with Crippen LogP contribution in [-0.2, 0) is 16.4 Å². The smallest absolute Gasteiger partial charge is 0.257 e. The zero-order valence-corrected chi connectivity index (χ0v) is 16.5. The predicted molar refractivity (Wildman–Crippen MR) is 103 cm³/mol. The molecule has 2 aromatic carbocycles. The van der Waals surface area contributed by atoms with E-state index in [4.69, 9.17) is 9.47 Å². The van der Waals surface area contributed by atoms with Gasteiger partial charge >= 0.3 is 0 Å². The standard InChI is InChI=1S/C20H22FNO5S/c1-26-18-8-7-14(11-19(18)27-2)12-22(15-9-10-28(24,25)13-15)20(23)16-5-3-4-6-17(16)21/h3-8,11,15H,9-10,12-13H2,1-2H3/t15-/m0/s1. The molecule has 1 aliphatic heterocycles. The van der Waals surface area contributed by atoms with Crippen LogP contribution in [0.4, 0.5) is 4.39 Å². The van der Waals surface area contributed by atoms with Crippen molar-refractivity contribution >= 4 is 15.7 Å². The van der Waals surface area contributed by atoms with Crippen LogP contribution in [0, 0.1) is 5.82 Å². The first-order valence-electron chi connectivity index (χ1n) is 8.81. The van der Waals surface area contributed by atoms with Crippen molar-refractivity contribution in [1.29, 1.82) is 0 Å². The Bertz CT molecular complexity index is 976. The maximum absolute atomic E-state index is 14.2. The van der Waals surface area contributed by atoms with E-state index in [-0.39, 0.29) is 23.6 Å². The topological polar surface area (TPSA) is 72.9 Å². The Kier molecular flexibility index (Phi) is 5.88. The van der Waals surface area contributed by atoms with Crippen molar-refractivity contribution in [3.8, 4) is 11.5 Å². The Morgan fingerprint density at radius 3 is 2.46 bits per heavy atom. The number of ether oxygens (including phenoxy) is 2. The van der Waals surface area contributed by atoms with Crippen LogP contribution in [0.1, 0.15) is 22.3 Å². The van der Waals surface area contributed by atoms with Gasteiger partial charge in [-0.1, -0.05) is 18.2 Å². The summed E-state index contributed by atoms with van der Waals surface area (Å²) in [6, 6.07) is 10.4. The van der Waals surface area contributed by atoms with Gasteiger partial charge in [-0.25, -0.2) is 12.8 Å². The average Bonchev–Trinajstić information content (AvgIpc) is 3.05. The zero-order chi connectivity index (χ0) is 20.3. The Balaban J connectivity index is 1.95. The van der Waals surface area contributed by atoms with E-state index in [1.807, 2.05) is 0 Å². The van der Waals surface area contributed by atoms with Crippen LogP contribution in [0.25, 0.3) is 0 Å². The van der Waals surface area contributed by atoms with Gasteiger partial charge in [0.2, 0.25) is 0 Å². The molecule has 1 amide bonds. The molecule has 8 heteroatoms. The summed E-state index contributed by atoms with van der Waals surface area (Å²) in [6.45, 7) is 0.133. The number of methoxy groups -OCH3 is 2. The molecule has 6 nitrogen and oxygen atoms in total. The third kappa shape index (κ3) is 4.27. The minimum Gasteiger partial charge on any atom is -0.493 e. The number of halogens is 1. The average molecular weight is 407 g/mol. The Labute approximate surface area is 163 Å². The van der Waals surface area contributed by atoms with Crippen molar-refractivity contribution in [2.24, 2.45) is 0 Å². The molecule has 0 N–H and O–H groups in total. The zero-order valence-electron chi connectivity index (χ0n) is 15.7. The second-order valence-electron chi connectivity index (χ2n) is 6.66. The second kappa shape index (κ2) is 8.18.